The Morgan fingerprint density at radius 3 is 2.78 bits per heavy atom. The van der Waals surface area contributed by atoms with Crippen molar-refractivity contribution in [3.05, 3.63) is 64.7 Å². The van der Waals surface area contributed by atoms with Crippen LogP contribution in [0.2, 0.25) is 5.02 Å². The molecular formula is C18H18ClNO3. The van der Waals surface area contributed by atoms with E-state index in [9.17, 15) is 9.90 Å². The number of phenols is 1. The minimum Gasteiger partial charge on any atom is -0.508 e. The first kappa shape index (κ1) is 15.8. The Bertz CT molecular complexity index is 687. The highest BCUT2D eigenvalue weighted by atomic mass is 35.5. The molecule has 1 heterocycles. The fraction of sp³-hybridized carbons (Fsp3) is 0.278. The standard InChI is InChI=1S/C18H18ClNO3/c19-15-3-1-2-14(11-15)17-12-20(8-9-23-17)18(22)10-13-4-6-16(21)7-5-13/h1-7,11,17,21H,8-10,12H2. The fourth-order valence-corrected chi connectivity index (χ4v) is 2.88. The van der Waals surface area contributed by atoms with E-state index in [1.807, 2.05) is 29.2 Å². The van der Waals surface area contributed by atoms with Crippen LogP contribution in [0, 0.1) is 0 Å². The summed E-state index contributed by atoms with van der Waals surface area (Å²) in [7, 11) is 0. The third-order valence-electron chi connectivity index (χ3n) is 3.93. The molecule has 1 aliphatic rings. The molecule has 4 nitrogen and oxygen atoms in total. The van der Waals surface area contributed by atoms with Crippen molar-refractivity contribution in [2.75, 3.05) is 19.7 Å². The van der Waals surface area contributed by atoms with E-state index in [0.29, 0.717) is 31.1 Å². The number of phenolic OH excluding ortho intramolecular Hbond substituents is 1. The monoisotopic (exact) mass is 331 g/mol. The summed E-state index contributed by atoms with van der Waals surface area (Å²) in [6, 6.07) is 14.3. The lowest BCUT2D eigenvalue weighted by Crippen LogP contribution is -2.42. The van der Waals surface area contributed by atoms with Gasteiger partial charge in [-0.05, 0) is 35.4 Å². The Morgan fingerprint density at radius 2 is 2.04 bits per heavy atom. The molecule has 0 bridgehead atoms. The van der Waals surface area contributed by atoms with Crippen molar-refractivity contribution >= 4 is 17.5 Å². The number of hydrogen-bond donors (Lipinski definition) is 1. The number of aromatic hydroxyl groups is 1. The summed E-state index contributed by atoms with van der Waals surface area (Å²) < 4.78 is 5.78. The van der Waals surface area contributed by atoms with Gasteiger partial charge in [0.2, 0.25) is 5.91 Å². The van der Waals surface area contributed by atoms with Crippen LogP contribution in [0.1, 0.15) is 17.2 Å². The van der Waals surface area contributed by atoms with Gasteiger partial charge in [-0.25, -0.2) is 0 Å². The molecule has 3 rings (SSSR count). The summed E-state index contributed by atoms with van der Waals surface area (Å²) in [5.41, 5.74) is 1.87. The van der Waals surface area contributed by atoms with Gasteiger partial charge >= 0.3 is 0 Å². The van der Waals surface area contributed by atoms with Crippen molar-refractivity contribution in [3.63, 3.8) is 0 Å². The number of amides is 1. The van der Waals surface area contributed by atoms with E-state index in [1.165, 1.54) is 0 Å². The van der Waals surface area contributed by atoms with Crippen molar-refractivity contribution in [2.24, 2.45) is 0 Å². The van der Waals surface area contributed by atoms with Gasteiger partial charge < -0.3 is 14.7 Å². The molecule has 1 unspecified atom stereocenters. The number of carbonyl (C=O) groups is 1. The maximum atomic E-state index is 12.5. The maximum absolute atomic E-state index is 12.5. The van der Waals surface area contributed by atoms with Crippen LogP contribution in [0.25, 0.3) is 0 Å². The summed E-state index contributed by atoms with van der Waals surface area (Å²) in [4.78, 5) is 14.3. The van der Waals surface area contributed by atoms with Gasteiger partial charge in [0.05, 0.1) is 19.6 Å². The molecule has 0 aromatic heterocycles. The molecule has 0 spiro atoms. The number of morpholine rings is 1. The Morgan fingerprint density at radius 1 is 1.26 bits per heavy atom. The Balaban J connectivity index is 1.65. The van der Waals surface area contributed by atoms with Crippen LogP contribution in [0.3, 0.4) is 0 Å². The van der Waals surface area contributed by atoms with E-state index in [4.69, 9.17) is 16.3 Å². The number of ether oxygens (including phenoxy) is 1. The molecule has 1 N–H and O–H groups in total. The molecule has 0 saturated carbocycles. The molecule has 23 heavy (non-hydrogen) atoms. The van der Waals surface area contributed by atoms with Crippen LogP contribution in [0.4, 0.5) is 0 Å². The highest BCUT2D eigenvalue weighted by Gasteiger charge is 2.25. The highest BCUT2D eigenvalue weighted by Crippen LogP contribution is 2.25. The van der Waals surface area contributed by atoms with Crippen molar-refractivity contribution < 1.29 is 14.6 Å². The second kappa shape index (κ2) is 7.02. The highest BCUT2D eigenvalue weighted by molar-refractivity contribution is 6.30. The average Bonchev–Trinajstić information content (AvgIpc) is 2.57. The summed E-state index contributed by atoms with van der Waals surface area (Å²) in [6.45, 7) is 1.63. The first-order valence-electron chi connectivity index (χ1n) is 7.54. The molecule has 1 atom stereocenters. The topological polar surface area (TPSA) is 49.8 Å². The smallest absolute Gasteiger partial charge is 0.227 e. The maximum Gasteiger partial charge on any atom is 0.227 e. The van der Waals surface area contributed by atoms with E-state index in [2.05, 4.69) is 0 Å². The number of hydrogen-bond acceptors (Lipinski definition) is 3. The summed E-state index contributed by atoms with van der Waals surface area (Å²) in [5.74, 6) is 0.264. The first-order valence-corrected chi connectivity index (χ1v) is 7.92. The van der Waals surface area contributed by atoms with E-state index >= 15 is 0 Å². The van der Waals surface area contributed by atoms with Crippen LogP contribution in [0.15, 0.2) is 48.5 Å². The average molecular weight is 332 g/mol. The molecule has 0 radical (unpaired) electrons. The minimum absolute atomic E-state index is 0.0611. The molecule has 1 amide bonds. The molecular weight excluding hydrogens is 314 g/mol. The first-order chi connectivity index (χ1) is 11.1. The molecule has 1 saturated heterocycles. The Kier molecular flexibility index (Phi) is 4.84. The van der Waals surface area contributed by atoms with E-state index in [0.717, 1.165) is 11.1 Å². The van der Waals surface area contributed by atoms with Gasteiger partial charge in [-0.2, -0.15) is 0 Å². The van der Waals surface area contributed by atoms with Crippen LogP contribution < -0.4 is 0 Å². The van der Waals surface area contributed by atoms with E-state index in [-0.39, 0.29) is 17.8 Å². The molecule has 2 aromatic carbocycles. The summed E-state index contributed by atoms with van der Waals surface area (Å²) in [6.07, 6.45) is 0.175. The minimum atomic E-state index is -0.147. The lowest BCUT2D eigenvalue weighted by molar-refractivity contribution is -0.138. The summed E-state index contributed by atoms with van der Waals surface area (Å²) >= 11 is 6.03. The zero-order valence-electron chi connectivity index (χ0n) is 12.6. The van der Waals surface area contributed by atoms with E-state index < -0.39 is 0 Å². The zero-order chi connectivity index (χ0) is 16.2. The predicted octanol–water partition coefficient (Wildman–Crippen LogP) is 3.19. The van der Waals surface area contributed by atoms with Gasteiger partial charge in [0.1, 0.15) is 11.9 Å². The molecule has 0 aliphatic carbocycles. The molecule has 1 aliphatic heterocycles. The number of nitrogens with zero attached hydrogens (tertiary/aromatic N) is 1. The van der Waals surface area contributed by atoms with Gasteiger partial charge in [-0.1, -0.05) is 35.9 Å². The van der Waals surface area contributed by atoms with Gasteiger partial charge in [0.15, 0.2) is 0 Å². The van der Waals surface area contributed by atoms with Crippen molar-refractivity contribution in [1.82, 2.24) is 4.90 Å². The lowest BCUT2D eigenvalue weighted by Gasteiger charge is -2.33. The van der Waals surface area contributed by atoms with Crippen LogP contribution >= 0.6 is 11.6 Å². The number of rotatable bonds is 3. The predicted molar refractivity (Wildman–Crippen MR) is 88.5 cm³/mol. The largest absolute Gasteiger partial charge is 0.508 e. The molecule has 2 aromatic rings. The lowest BCUT2D eigenvalue weighted by atomic mass is 10.1. The quantitative estimate of drug-likeness (QED) is 0.939. The SMILES string of the molecule is O=C(Cc1ccc(O)cc1)N1CCOC(c2cccc(Cl)c2)C1. The normalized spacial score (nSPS) is 18.0. The van der Waals surface area contributed by atoms with Gasteiger partial charge in [0, 0.05) is 11.6 Å². The van der Waals surface area contributed by atoms with E-state index in [1.54, 1.807) is 24.3 Å². The van der Waals surface area contributed by atoms with Gasteiger partial charge in [-0.3, -0.25) is 4.79 Å². The summed E-state index contributed by atoms with van der Waals surface area (Å²) in [5, 5.41) is 9.97. The van der Waals surface area contributed by atoms with Crippen molar-refractivity contribution in [2.45, 2.75) is 12.5 Å². The van der Waals surface area contributed by atoms with Crippen LogP contribution in [0.5, 0.6) is 5.75 Å². The Labute approximate surface area is 140 Å². The number of benzene rings is 2. The Hall–Kier alpha value is -2.04. The van der Waals surface area contributed by atoms with Crippen molar-refractivity contribution in [3.8, 4) is 5.75 Å². The molecule has 1 fully saturated rings. The van der Waals surface area contributed by atoms with Crippen LogP contribution in [-0.2, 0) is 16.0 Å². The number of carbonyl (C=O) groups excluding carboxylic acids is 1. The fourth-order valence-electron chi connectivity index (χ4n) is 2.68. The van der Waals surface area contributed by atoms with Gasteiger partial charge in [-0.15, -0.1) is 0 Å². The second-order valence-corrected chi connectivity index (χ2v) is 6.03. The second-order valence-electron chi connectivity index (χ2n) is 5.60. The van der Waals surface area contributed by atoms with Crippen molar-refractivity contribution in [1.29, 1.82) is 0 Å². The van der Waals surface area contributed by atoms with Crippen LogP contribution in [-0.4, -0.2) is 35.6 Å². The molecule has 5 heteroatoms. The third kappa shape index (κ3) is 4.03. The number of halogens is 1. The zero-order valence-corrected chi connectivity index (χ0v) is 13.4. The third-order valence-corrected chi connectivity index (χ3v) is 4.17. The van der Waals surface area contributed by atoms with Gasteiger partial charge in [0.25, 0.3) is 0 Å². The molecule has 120 valence electrons.